The van der Waals surface area contributed by atoms with Gasteiger partial charge in [0.25, 0.3) is 0 Å². The molecule has 238 valence electrons. The first-order valence-electron chi connectivity index (χ1n) is 14.4. The van der Waals surface area contributed by atoms with E-state index in [-0.39, 0.29) is 47.2 Å². The Labute approximate surface area is 259 Å². The number of alkyl carbamates (subject to hydrolysis) is 1. The number of carbonyl (C=O) groups excluding carboxylic acids is 4. The lowest BCUT2D eigenvalue weighted by Crippen LogP contribution is -2.42. The number of ether oxygens (including phenoxy) is 2. The monoisotopic (exact) mass is 623 g/mol. The minimum absolute atomic E-state index is 0.0620. The maximum absolute atomic E-state index is 14.9. The number of aromatic nitrogens is 1. The second-order valence-electron chi connectivity index (χ2n) is 11.6. The number of hydrogen-bond acceptors (Lipinski definition) is 7. The zero-order valence-electron chi connectivity index (χ0n) is 25.1. The van der Waals surface area contributed by atoms with Crippen molar-refractivity contribution in [1.82, 2.24) is 15.6 Å². The molecule has 4 N–H and O–H groups in total. The number of benzene rings is 2. The molecule has 45 heavy (non-hydrogen) atoms. The third-order valence-electron chi connectivity index (χ3n) is 6.80. The van der Waals surface area contributed by atoms with Crippen LogP contribution in [0.3, 0.4) is 0 Å². The first-order chi connectivity index (χ1) is 21.3. The van der Waals surface area contributed by atoms with Crippen molar-refractivity contribution in [2.75, 3.05) is 10.6 Å². The van der Waals surface area contributed by atoms with Crippen LogP contribution >= 0.6 is 0 Å². The van der Waals surface area contributed by atoms with E-state index in [1.807, 2.05) is 0 Å². The predicted molar refractivity (Wildman–Crippen MR) is 162 cm³/mol. The molecule has 11 nitrogen and oxygen atoms in total. The summed E-state index contributed by atoms with van der Waals surface area (Å²) in [6, 6.07) is 9.47. The Hall–Kier alpha value is -5.07. The molecule has 0 aliphatic heterocycles. The van der Waals surface area contributed by atoms with Crippen molar-refractivity contribution in [2.45, 2.75) is 64.5 Å². The summed E-state index contributed by atoms with van der Waals surface area (Å²) in [6.45, 7) is 5.37. The molecular weight excluding hydrogens is 588 g/mol. The molecule has 1 saturated carbocycles. The normalized spacial score (nSPS) is 16.2. The van der Waals surface area contributed by atoms with Gasteiger partial charge >= 0.3 is 12.1 Å². The highest BCUT2D eigenvalue weighted by atomic mass is 19.1. The summed E-state index contributed by atoms with van der Waals surface area (Å²) in [5.74, 6) is -2.45. The van der Waals surface area contributed by atoms with Crippen LogP contribution in [0.2, 0.25) is 0 Å². The standard InChI is InChI=1S/C32H35F2N5O6/c1-32(2,3)45-31(43)37-22-10-6-20(7-11-22)29(41)38-25-18-35-15-14-27(25)44-26-13-12-23(17-24(26)34)36-30(42)39-28(40)16-19-4-8-21(33)9-5-19/h4-5,8-9,12-15,17-18,20,22H,6-7,10-11,16H2,1-3H3,(H,37,43)(H,38,41)(H2,36,39,40,42)/t20-,22-. The number of pyridine rings is 1. The zero-order valence-corrected chi connectivity index (χ0v) is 25.1. The van der Waals surface area contributed by atoms with Crippen LogP contribution in [0.5, 0.6) is 11.5 Å². The second kappa shape index (κ2) is 14.6. The third kappa shape index (κ3) is 10.3. The van der Waals surface area contributed by atoms with Crippen LogP contribution in [-0.4, -0.2) is 40.6 Å². The van der Waals surface area contributed by atoms with Crippen molar-refractivity contribution in [2.24, 2.45) is 5.92 Å². The van der Waals surface area contributed by atoms with Crippen LogP contribution < -0.4 is 26.0 Å². The minimum Gasteiger partial charge on any atom is -0.452 e. The van der Waals surface area contributed by atoms with Gasteiger partial charge in [-0.3, -0.25) is 19.9 Å². The van der Waals surface area contributed by atoms with Crippen molar-refractivity contribution in [3.63, 3.8) is 0 Å². The summed E-state index contributed by atoms with van der Waals surface area (Å²) in [7, 11) is 0. The summed E-state index contributed by atoms with van der Waals surface area (Å²) in [4.78, 5) is 53.5. The van der Waals surface area contributed by atoms with Gasteiger partial charge in [0.2, 0.25) is 11.8 Å². The topological polar surface area (TPSA) is 148 Å². The Morgan fingerprint density at radius 2 is 1.62 bits per heavy atom. The fourth-order valence-corrected chi connectivity index (χ4v) is 4.67. The summed E-state index contributed by atoms with van der Waals surface area (Å²) in [5, 5.41) is 10.2. The molecule has 1 aromatic heterocycles. The highest BCUT2D eigenvalue weighted by molar-refractivity contribution is 6.01. The molecule has 3 aromatic rings. The minimum atomic E-state index is -0.871. The van der Waals surface area contributed by atoms with Gasteiger partial charge in [0.1, 0.15) is 17.1 Å². The molecular formula is C32H35F2N5O6. The van der Waals surface area contributed by atoms with Crippen molar-refractivity contribution >= 4 is 35.3 Å². The molecule has 0 spiro atoms. The van der Waals surface area contributed by atoms with Crippen LogP contribution in [0, 0.1) is 17.6 Å². The molecule has 0 atom stereocenters. The smallest absolute Gasteiger partial charge is 0.407 e. The highest BCUT2D eigenvalue weighted by Gasteiger charge is 2.29. The van der Waals surface area contributed by atoms with E-state index < -0.39 is 35.3 Å². The van der Waals surface area contributed by atoms with Crippen molar-refractivity contribution < 1.29 is 37.4 Å². The molecule has 1 aliphatic rings. The Morgan fingerprint density at radius 1 is 0.911 bits per heavy atom. The largest absolute Gasteiger partial charge is 0.452 e. The number of urea groups is 1. The average molecular weight is 624 g/mol. The van der Waals surface area contributed by atoms with Gasteiger partial charge in [-0.25, -0.2) is 18.4 Å². The van der Waals surface area contributed by atoms with Crippen molar-refractivity contribution in [3.8, 4) is 11.5 Å². The summed E-state index contributed by atoms with van der Waals surface area (Å²) in [5.41, 5.74) is 0.225. The fraction of sp³-hybridized carbons (Fsp3) is 0.344. The fourth-order valence-electron chi connectivity index (χ4n) is 4.67. The molecule has 0 bridgehead atoms. The first-order valence-corrected chi connectivity index (χ1v) is 14.4. The highest BCUT2D eigenvalue weighted by Crippen LogP contribution is 2.33. The maximum atomic E-state index is 14.9. The number of halogens is 2. The lowest BCUT2D eigenvalue weighted by atomic mass is 9.85. The quantitative estimate of drug-likeness (QED) is 0.238. The molecule has 0 saturated heterocycles. The van der Waals surface area contributed by atoms with E-state index in [1.165, 1.54) is 54.9 Å². The molecule has 2 aromatic carbocycles. The Bertz CT molecular complexity index is 1540. The first kappa shape index (κ1) is 32.8. The van der Waals surface area contributed by atoms with Crippen LogP contribution in [0.4, 0.5) is 29.7 Å². The predicted octanol–water partition coefficient (Wildman–Crippen LogP) is 6.06. The van der Waals surface area contributed by atoms with Crippen LogP contribution in [0.25, 0.3) is 0 Å². The molecule has 5 amide bonds. The second-order valence-corrected chi connectivity index (χ2v) is 11.6. The van der Waals surface area contributed by atoms with E-state index in [2.05, 4.69) is 26.3 Å². The van der Waals surface area contributed by atoms with E-state index >= 15 is 0 Å². The Balaban J connectivity index is 1.29. The number of carbonyl (C=O) groups is 4. The number of nitrogens with one attached hydrogen (secondary N) is 4. The van der Waals surface area contributed by atoms with Gasteiger partial charge in [0, 0.05) is 36.0 Å². The lowest BCUT2D eigenvalue weighted by molar-refractivity contribution is -0.121. The molecule has 0 radical (unpaired) electrons. The van der Waals surface area contributed by atoms with Gasteiger partial charge in [0.15, 0.2) is 17.3 Å². The number of amides is 5. The maximum Gasteiger partial charge on any atom is 0.407 e. The summed E-state index contributed by atoms with van der Waals surface area (Å²) >= 11 is 0. The molecule has 1 heterocycles. The van der Waals surface area contributed by atoms with E-state index in [4.69, 9.17) is 9.47 Å². The van der Waals surface area contributed by atoms with Gasteiger partial charge in [-0.1, -0.05) is 12.1 Å². The number of imide groups is 1. The third-order valence-corrected chi connectivity index (χ3v) is 6.80. The number of nitrogens with zero attached hydrogens (tertiary/aromatic N) is 1. The van der Waals surface area contributed by atoms with E-state index in [0.717, 1.165) is 6.07 Å². The van der Waals surface area contributed by atoms with Crippen LogP contribution in [-0.2, 0) is 20.7 Å². The molecule has 4 rings (SSSR count). The van der Waals surface area contributed by atoms with E-state index in [1.54, 1.807) is 20.8 Å². The number of rotatable bonds is 8. The van der Waals surface area contributed by atoms with Gasteiger partial charge in [-0.15, -0.1) is 0 Å². The molecule has 1 aliphatic carbocycles. The molecule has 1 fully saturated rings. The molecule has 13 heteroatoms. The number of hydrogen-bond donors (Lipinski definition) is 4. The van der Waals surface area contributed by atoms with E-state index in [9.17, 15) is 28.0 Å². The van der Waals surface area contributed by atoms with Crippen LogP contribution in [0.15, 0.2) is 60.9 Å². The van der Waals surface area contributed by atoms with Gasteiger partial charge < -0.3 is 25.4 Å². The Kier molecular flexibility index (Phi) is 10.7. The van der Waals surface area contributed by atoms with Gasteiger partial charge in [0.05, 0.1) is 12.6 Å². The van der Waals surface area contributed by atoms with Crippen molar-refractivity contribution in [3.05, 3.63) is 78.1 Å². The molecule has 0 unspecified atom stereocenters. The summed E-state index contributed by atoms with van der Waals surface area (Å²) < 4.78 is 39.0. The van der Waals surface area contributed by atoms with Crippen molar-refractivity contribution in [1.29, 1.82) is 0 Å². The van der Waals surface area contributed by atoms with Gasteiger partial charge in [-0.05, 0) is 76.3 Å². The average Bonchev–Trinajstić information content (AvgIpc) is 2.96. The SMILES string of the molecule is CC(C)(C)OC(=O)N[C@H]1CC[C@H](C(=O)Nc2cnccc2Oc2ccc(NC(=O)NC(=O)Cc3ccc(F)cc3)cc2F)CC1. The van der Waals surface area contributed by atoms with E-state index in [0.29, 0.717) is 31.2 Å². The summed E-state index contributed by atoms with van der Waals surface area (Å²) in [6.07, 6.45) is 4.52. The van der Waals surface area contributed by atoms with Crippen LogP contribution in [0.1, 0.15) is 52.0 Å². The Morgan fingerprint density at radius 3 is 2.29 bits per heavy atom. The van der Waals surface area contributed by atoms with Gasteiger partial charge in [-0.2, -0.15) is 0 Å². The lowest BCUT2D eigenvalue weighted by Gasteiger charge is -2.29. The number of anilines is 2. The zero-order chi connectivity index (χ0) is 32.6.